The van der Waals surface area contributed by atoms with E-state index in [1.807, 2.05) is 0 Å². The van der Waals surface area contributed by atoms with Crippen LogP contribution in [0.1, 0.15) is 0 Å². The Balaban J connectivity index is 3.39. The Morgan fingerprint density at radius 1 is 1.12 bits per heavy atom. The number of hydrogen-bond acceptors (Lipinski definition) is 2. The summed E-state index contributed by atoms with van der Waals surface area (Å²) in [7, 11) is 0. The van der Waals surface area contributed by atoms with Gasteiger partial charge in [0.25, 0.3) is 0 Å². The Morgan fingerprint density at radius 2 is 1.56 bits per heavy atom. The van der Waals surface area contributed by atoms with Crippen LogP contribution in [0.15, 0.2) is 12.7 Å². The van der Waals surface area contributed by atoms with Crippen LogP contribution >= 0.6 is 23.2 Å². The monoisotopic (exact) mass is 270 g/mol. The molecular formula is C9H3Cl2F3O2. The lowest BCUT2D eigenvalue weighted by Crippen LogP contribution is -2.07. The number of esters is 1. The van der Waals surface area contributed by atoms with Crippen LogP contribution < -0.4 is 4.74 Å². The molecule has 0 amide bonds. The Bertz CT molecular complexity index is 445. The minimum Gasteiger partial charge on any atom is -0.420 e. The summed E-state index contributed by atoms with van der Waals surface area (Å²) in [4.78, 5) is 10.8. The van der Waals surface area contributed by atoms with E-state index >= 15 is 0 Å². The summed E-state index contributed by atoms with van der Waals surface area (Å²) in [6.07, 6.45) is 0.728. The maximum atomic E-state index is 13.0. The van der Waals surface area contributed by atoms with E-state index in [9.17, 15) is 18.0 Å². The van der Waals surface area contributed by atoms with E-state index in [1.54, 1.807) is 0 Å². The van der Waals surface area contributed by atoms with Gasteiger partial charge in [-0.2, -0.15) is 0 Å². The molecule has 0 N–H and O–H groups in total. The summed E-state index contributed by atoms with van der Waals surface area (Å²) in [5, 5.41) is -1.83. The van der Waals surface area contributed by atoms with Crippen molar-refractivity contribution in [3.05, 3.63) is 40.2 Å². The predicted molar refractivity (Wildman–Crippen MR) is 52.2 cm³/mol. The third-order valence-corrected chi connectivity index (χ3v) is 2.21. The standard InChI is InChI=1S/C9H3Cl2F3O2/c1-2-3(15)16-9-4(10)6(12)8(14)7(13)5(9)11/h2H,1H2. The number of hydrogen-bond donors (Lipinski definition) is 0. The van der Waals surface area contributed by atoms with E-state index in [1.165, 1.54) is 0 Å². The molecule has 2 nitrogen and oxygen atoms in total. The smallest absolute Gasteiger partial charge is 0.335 e. The van der Waals surface area contributed by atoms with Crippen molar-refractivity contribution in [3.8, 4) is 5.75 Å². The Labute approximate surface area is 98.2 Å². The Hall–Kier alpha value is -1.20. The van der Waals surface area contributed by atoms with Crippen molar-refractivity contribution >= 4 is 29.2 Å². The zero-order chi connectivity index (χ0) is 12.5. The molecule has 0 aliphatic carbocycles. The second kappa shape index (κ2) is 4.76. The Kier molecular flexibility index (Phi) is 3.83. The fourth-order valence-electron chi connectivity index (χ4n) is 0.817. The van der Waals surface area contributed by atoms with E-state index in [-0.39, 0.29) is 0 Å². The molecule has 0 fully saturated rings. The summed E-state index contributed by atoms with van der Waals surface area (Å²) in [6, 6.07) is 0. The lowest BCUT2D eigenvalue weighted by molar-refractivity contribution is -0.128. The maximum absolute atomic E-state index is 13.0. The molecule has 1 rings (SSSR count). The van der Waals surface area contributed by atoms with Crippen LogP contribution in [0, 0.1) is 17.5 Å². The number of carbonyl (C=O) groups is 1. The molecule has 1 aromatic carbocycles. The summed E-state index contributed by atoms with van der Waals surface area (Å²) >= 11 is 10.6. The first-order valence-corrected chi connectivity index (χ1v) is 4.51. The molecule has 0 aliphatic rings. The first kappa shape index (κ1) is 12.9. The number of rotatable bonds is 2. The van der Waals surface area contributed by atoms with Crippen molar-refractivity contribution in [3.63, 3.8) is 0 Å². The molecule has 0 unspecified atom stereocenters. The zero-order valence-corrected chi connectivity index (χ0v) is 9.00. The van der Waals surface area contributed by atoms with E-state index in [0.29, 0.717) is 0 Å². The topological polar surface area (TPSA) is 26.3 Å². The SMILES string of the molecule is C=CC(=O)Oc1c(Cl)c(F)c(F)c(F)c1Cl. The minimum atomic E-state index is -1.84. The number of benzene rings is 1. The predicted octanol–water partition coefficient (Wildman–Crippen LogP) is 3.50. The van der Waals surface area contributed by atoms with Crippen LogP contribution in [0.4, 0.5) is 13.2 Å². The summed E-state index contributed by atoms with van der Waals surface area (Å²) < 4.78 is 43.1. The molecule has 86 valence electrons. The molecule has 0 spiro atoms. The van der Waals surface area contributed by atoms with Gasteiger partial charge in [0.15, 0.2) is 23.2 Å². The van der Waals surface area contributed by atoms with Gasteiger partial charge in [-0.25, -0.2) is 18.0 Å². The first-order chi connectivity index (χ1) is 7.40. The quantitative estimate of drug-likeness (QED) is 0.270. The molecule has 16 heavy (non-hydrogen) atoms. The van der Waals surface area contributed by atoms with Crippen molar-refractivity contribution < 1.29 is 22.7 Å². The number of carbonyl (C=O) groups excluding carboxylic acids is 1. The molecule has 0 aliphatic heterocycles. The highest BCUT2D eigenvalue weighted by Gasteiger charge is 2.25. The molecule has 7 heteroatoms. The van der Waals surface area contributed by atoms with Gasteiger partial charge in [-0.15, -0.1) is 0 Å². The third kappa shape index (κ3) is 2.15. The maximum Gasteiger partial charge on any atom is 0.335 e. The largest absolute Gasteiger partial charge is 0.420 e. The highest BCUT2D eigenvalue weighted by atomic mass is 35.5. The lowest BCUT2D eigenvalue weighted by atomic mass is 10.3. The highest BCUT2D eigenvalue weighted by molar-refractivity contribution is 6.37. The molecular weight excluding hydrogens is 268 g/mol. The molecule has 0 saturated heterocycles. The molecule has 0 radical (unpaired) electrons. The van der Waals surface area contributed by atoms with Crippen molar-refractivity contribution in [1.82, 2.24) is 0 Å². The van der Waals surface area contributed by atoms with Crippen LogP contribution in [0.3, 0.4) is 0 Å². The van der Waals surface area contributed by atoms with Crippen molar-refractivity contribution in [2.45, 2.75) is 0 Å². The molecule has 0 aromatic heterocycles. The van der Waals surface area contributed by atoms with Gasteiger partial charge in [-0.3, -0.25) is 0 Å². The second-order valence-corrected chi connectivity index (χ2v) is 3.28. The van der Waals surface area contributed by atoms with Crippen LogP contribution in [-0.2, 0) is 4.79 Å². The van der Waals surface area contributed by atoms with Gasteiger partial charge in [-0.05, 0) is 0 Å². The normalized spacial score (nSPS) is 10.1. The molecule has 0 saturated carbocycles. The number of ether oxygens (including phenoxy) is 1. The van der Waals surface area contributed by atoms with Crippen molar-refractivity contribution in [1.29, 1.82) is 0 Å². The van der Waals surface area contributed by atoms with E-state index in [4.69, 9.17) is 23.2 Å². The summed E-state index contributed by atoms with van der Waals surface area (Å²) in [5.41, 5.74) is 0. The first-order valence-electron chi connectivity index (χ1n) is 3.75. The molecule has 0 bridgehead atoms. The van der Waals surface area contributed by atoms with Crippen LogP contribution in [0.25, 0.3) is 0 Å². The van der Waals surface area contributed by atoms with E-state index < -0.39 is 39.2 Å². The average Bonchev–Trinajstić information content (AvgIpc) is 2.29. The second-order valence-electron chi connectivity index (χ2n) is 2.52. The zero-order valence-electron chi connectivity index (χ0n) is 7.49. The molecule has 1 aromatic rings. The lowest BCUT2D eigenvalue weighted by Gasteiger charge is -2.08. The summed E-state index contributed by atoms with van der Waals surface area (Å²) in [6.45, 7) is 3.06. The van der Waals surface area contributed by atoms with Gasteiger partial charge in [0.05, 0.1) is 0 Å². The van der Waals surface area contributed by atoms with Crippen LogP contribution in [0.5, 0.6) is 5.75 Å². The summed E-state index contributed by atoms with van der Waals surface area (Å²) in [5.74, 6) is -7.03. The Morgan fingerprint density at radius 3 is 1.94 bits per heavy atom. The van der Waals surface area contributed by atoms with Crippen LogP contribution in [0.2, 0.25) is 10.0 Å². The van der Waals surface area contributed by atoms with Gasteiger partial charge < -0.3 is 4.74 Å². The van der Waals surface area contributed by atoms with E-state index in [2.05, 4.69) is 11.3 Å². The van der Waals surface area contributed by atoms with E-state index in [0.717, 1.165) is 6.08 Å². The average molecular weight is 271 g/mol. The highest BCUT2D eigenvalue weighted by Crippen LogP contribution is 2.38. The van der Waals surface area contributed by atoms with Gasteiger partial charge in [0, 0.05) is 6.08 Å². The van der Waals surface area contributed by atoms with Gasteiger partial charge in [0.1, 0.15) is 10.0 Å². The number of halogens is 5. The van der Waals surface area contributed by atoms with Crippen LogP contribution in [-0.4, -0.2) is 5.97 Å². The fraction of sp³-hybridized carbons (Fsp3) is 0. The third-order valence-electron chi connectivity index (χ3n) is 1.54. The van der Waals surface area contributed by atoms with Gasteiger partial charge in [0.2, 0.25) is 0 Å². The van der Waals surface area contributed by atoms with Gasteiger partial charge in [-0.1, -0.05) is 29.8 Å². The minimum absolute atomic E-state index is 0.728. The van der Waals surface area contributed by atoms with Gasteiger partial charge >= 0.3 is 5.97 Å². The molecule has 0 atom stereocenters. The molecule has 0 heterocycles. The fourth-order valence-corrected chi connectivity index (χ4v) is 1.30. The van der Waals surface area contributed by atoms with Crippen molar-refractivity contribution in [2.75, 3.05) is 0 Å². The van der Waals surface area contributed by atoms with Crippen molar-refractivity contribution in [2.24, 2.45) is 0 Å².